The van der Waals surface area contributed by atoms with E-state index in [1.807, 2.05) is 39.0 Å². The van der Waals surface area contributed by atoms with Gasteiger partial charge < -0.3 is 16.2 Å². The molecule has 0 saturated heterocycles. The average molecular weight is 370 g/mol. The van der Waals surface area contributed by atoms with E-state index in [0.29, 0.717) is 17.7 Å². The van der Waals surface area contributed by atoms with E-state index in [2.05, 4.69) is 23.3 Å². The van der Waals surface area contributed by atoms with Gasteiger partial charge in [-0.3, -0.25) is 9.78 Å². The van der Waals surface area contributed by atoms with Crippen LogP contribution in [-0.2, 0) is 19.3 Å². The van der Waals surface area contributed by atoms with Crippen LogP contribution in [0.1, 0.15) is 54.9 Å². The summed E-state index contributed by atoms with van der Waals surface area (Å²) < 4.78 is 0. The lowest BCUT2D eigenvalue weighted by molar-refractivity contribution is 0.0916. The van der Waals surface area contributed by atoms with Gasteiger partial charge >= 0.3 is 0 Å². The van der Waals surface area contributed by atoms with Crippen molar-refractivity contribution in [3.8, 4) is 0 Å². The second-order valence-electron chi connectivity index (χ2n) is 7.96. The van der Waals surface area contributed by atoms with Gasteiger partial charge in [0.2, 0.25) is 0 Å². The minimum atomic E-state index is -0.786. The highest BCUT2D eigenvalue weighted by molar-refractivity contribution is 5.95. The van der Waals surface area contributed by atoms with E-state index in [4.69, 9.17) is 5.73 Å². The quantitative estimate of drug-likeness (QED) is 0.700. The minimum Gasteiger partial charge on any atom is -0.391 e. The average Bonchev–Trinajstić information content (AvgIpc) is 2.61. The Morgan fingerprint density at radius 2 is 1.81 bits per heavy atom. The molecule has 146 valence electrons. The van der Waals surface area contributed by atoms with E-state index in [-0.39, 0.29) is 17.9 Å². The van der Waals surface area contributed by atoms with Crippen molar-refractivity contribution in [2.24, 2.45) is 5.73 Å². The van der Waals surface area contributed by atoms with Crippen LogP contribution in [0.25, 0.3) is 0 Å². The predicted molar refractivity (Wildman–Crippen MR) is 109 cm³/mol. The van der Waals surface area contributed by atoms with Crippen molar-refractivity contribution in [2.75, 3.05) is 0 Å². The second-order valence-corrected chi connectivity index (χ2v) is 7.96. The molecule has 2 rings (SSSR count). The molecule has 0 aliphatic carbocycles. The first-order valence-corrected chi connectivity index (χ1v) is 9.48. The first kappa shape index (κ1) is 21.1. The summed E-state index contributed by atoms with van der Waals surface area (Å²) in [6.45, 7) is 7.89. The highest BCUT2D eigenvalue weighted by atomic mass is 16.3. The Bertz CT molecular complexity index is 768. The van der Waals surface area contributed by atoms with Crippen LogP contribution in [-0.4, -0.2) is 33.7 Å². The van der Waals surface area contributed by atoms with Crippen LogP contribution < -0.4 is 11.1 Å². The molecule has 27 heavy (non-hydrogen) atoms. The zero-order valence-electron chi connectivity index (χ0n) is 16.7. The summed E-state index contributed by atoms with van der Waals surface area (Å²) in [7, 11) is 0. The summed E-state index contributed by atoms with van der Waals surface area (Å²) in [5.74, 6) is -0.192. The van der Waals surface area contributed by atoms with E-state index >= 15 is 0 Å². The molecule has 0 aliphatic rings. The number of aromatic nitrogens is 1. The van der Waals surface area contributed by atoms with Gasteiger partial charge in [-0.1, -0.05) is 31.2 Å². The number of carbonyl (C=O) groups is 1. The highest BCUT2D eigenvalue weighted by Gasteiger charge is 2.23. The molecule has 5 nitrogen and oxygen atoms in total. The molecule has 5 heteroatoms. The third-order valence-electron chi connectivity index (χ3n) is 4.48. The molecule has 4 N–H and O–H groups in total. The Balaban J connectivity index is 2.11. The van der Waals surface area contributed by atoms with Crippen molar-refractivity contribution in [2.45, 2.75) is 64.6 Å². The number of nitrogens with one attached hydrogen (secondary N) is 1. The van der Waals surface area contributed by atoms with Gasteiger partial charge in [0.05, 0.1) is 17.4 Å². The maximum Gasteiger partial charge on any atom is 0.253 e. The number of hydrogen-bond donors (Lipinski definition) is 3. The Kier molecular flexibility index (Phi) is 7.11. The van der Waals surface area contributed by atoms with Gasteiger partial charge in [-0.05, 0) is 56.9 Å². The molecule has 0 aliphatic heterocycles. The van der Waals surface area contributed by atoms with E-state index in [1.165, 1.54) is 5.56 Å². The first-order valence-electron chi connectivity index (χ1n) is 9.48. The normalized spacial score (nSPS) is 13.9. The Labute approximate surface area is 162 Å². The number of pyridine rings is 1. The van der Waals surface area contributed by atoms with Crippen molar-refractivity contribution in [1.29, 1.82) is 0 Å². The lowest BCUT2D eigenvalue weighted by atomic mass is 9.94. The molecule has 2 aromatic rings. The molecule has 0 bridgehead atoms. The van der Waals surface area contributed by atoms with Crippen molar-refractivity contribution in [1.82, 2.24) is 10.3 Å². The van der Waals surface area contributed by atoms with Crippen molar-refractivity contribution < 1.29 is 9.90 Å². The fourth-order valence-electron chi connectivity index (χ4n) is 3.06. The molecular formula is C22H31N3O2. The smallest absolute Gasteiger partial charge is 0.253 e. The van der Waals surface area contributed by atoms with Gasteiger partial charge in [0, 0.05) is 24.2 Å². The molecule has 1 aromatic heterocycles. The molecular weight excluding hydrogens is 338 g/mol. The number of nitrogens with two attached hydrogens (primary N) is 1. The number of nitrogens with zero attached hydrogens (tertiary/aromatic N) is 1. The van der Waals surface area contributed by atoms with Crippen molar-refractivity contribution >= 4 is 5.91 Å². The lowest BCUT2D eigenvalue weighted by Gasteiger charge is -2.23. The Morgan fingerprint density at radius 1 is 1.15 bits per heavy atom. The number of carbonyl (C=O) groups excluding carboxylic acids is 1. The molecule has 2 atom stereocenters. The molecule has 1 amide bonds. The Hall–Kier alpha value is -2.24. The maximum atomic E-state index is 12.5. The third kappa shape index (κ3) is 6.15. The largest absolute Gasteiger partial charge is 0.391 e. The van der Waals surface area contributed by atoms with Crippen LogP contribution in [0.15, 0.2) is 42.6 Å². The molecule has 0 radical (unpaired) electrons. The number of aliphatic hydroxyl groups excluding tert-OH is 1. The van der Waals surface area contributed by atoms with Gasteiger partial charge in [-0.25, -0.2) is 0 Å². The number of amides is 1. The highest BCUT2D eigenvalue weighted by Crippen LogP contribution is 2.16. The maximum absolute atomic E-state index is 12.5. The molecule has 0 saturated carbocycles. The van der Waals surface area contributed by atoms with Crippen molar-refractivity contribution in [3.05, 3.63) is 65.0 Å². The lowest BCUT2D eigenvalue weighted by Crippen LogP contribution is -2.42. The standard InChI is InChI=1S/C22H31N3O2/c1-5-15-9-6-7-10-16(15)13-18(23)20(26)14-19-17(11-8-12-24-19)21(27)25-22(2,3)4/h6-12,18,20,26H,5,13-14,23H2,1-4H3,(H,25,27). The van der Waals surface area contributed by atoms with E-state index < -0.39 is 12.1 Å². The van der Waals surface area contributed by atoms with Gasteiger partial charge in [0.25, 0.3) is 5.91 Å². The van der Waals surface area contributed by atoms with Crippen LogP contribution in [0.4, 0.5) is 0 Å². The number of rotatable bonds is 7. The van der Waals surface area contributed by atoms with Crippen LogP contribution in [0.3, 0.4) is 0 Å². The minimum absolute atomic E-state index is 0.192. The summed E-state index contributed by atoms with van der Waals surface area (Å²) in [6.07, 6.45) is 2.60. The van der Waals surface area contributed by atoms with E-state index in [0.717, 1.165) is 12.0 Å². The summed E-state index contributed by atoms with van der Waals surface area (Å²) >= 11 is 0. The second kappa shape index (κ2) is 9.11. The first-order chi connectivity index (χ1) is 12.7. The number of hydrogen-bond acceptors (Lipinski definition) is 4. The third-order valence-corrected chi connectivity index (χ3v) is 4.48. The Morgan fingerprint density at radius 3 is 2.44 bits per heavy atom. The summed E-state index contributed by atoms with van der Waals surface area (Å²) in [4.78, 5) is 16.9. The SMILES string of the molecule is CCc1ccccc1CC(N)C(O)Cc1ncccc1C(=O)NC(C)(C)C. The summed E-state index contributed by atoms with van der Waals surface area (Å²) in [6, 6.07) is 11.2. The zero-order valence-corrected chi connectivity index (χ0v) is 16.7. The fraction of sp³-hybridized carbons (Fsp3) is 0.455. The number of aryl methyl sites for hydroxylation is 1. The van der Waals surface area contributed by atoms with Gasteiger partial charge in [-0.15, -0.1) is 0 Å². The van der Waals surface area contributed by atoms with Gasteiger partial charge in [0.15, 0.2) is 0 Å². The van der Waals surface area contributed by atoms with Gasteiger partial charge in [-0.2, -0.15) is 0 Å². The molecule has 0 spiro atoms. The molecule has 0 fully saturated rings. The predicted octanol–water partition coefficient (Wildman–Crippen LogP) is 2.65. The number of aliphatic hydroxyl groups is 1. The topological polar surface area (TPSA) is 88.2 Å². The monoisotopic (exact) mass is 369 g/mol. The van der Waals surface area contributed by atoms with E-state index in [1.54, 1.807) is 18.3 Å². The van der Waals surface area contributed by atoms with Crippen LogP contribution >= 0.6 is 0 Å². The molecule has 1 heterocycles. The summed E-state index contributed by atoms with van der Waals surface area (Å²) in [5.41, 5.74) is 9.36. The molecule has 1 aromatic carbocycles. The van der Waals surface area contributed by atoms with Gasteiger partial charge in [0.1, 0.15) is 0 Å². The van der Waals surface area contributed by atoms with Crippen LogP contribution in [0.2, 0.25) is 0 Å². The van der Waals surface area contributed by atoms with Crippen LogP contribution in [0, 0.1) is 0 Å². The zero-order chi connectivity index (χ0) is 20.0. The fourth-order valence-corrected chi connectivity index (χ4v) is 3.06. The van der Waals surface area contributed by atoms with Crippen molar-refractivity contribution in [3.63, 3.8) is 0 Å². The van der Waals surface area contributed by atoms with E-state index in [9.17, 15) is 9.90 Å². The molecule has 2 unspecified atom stereocenters. The number of benzene rings is 1. The summed E-state index contributed by atoms with van der Waals surface area (Å²) in [5, 5.41) is 13.6. The van der Waals surface area contributed by atoms with Crippen LogP contribution in [0.5, 0.6) is 0 Å².